The van der Waals surface area contributed by atoms with E-state index in [1.165, 1.54) is 18.4 Å². The molecule has 1 aromatic carbocycles. The monoisotopic (exact) mass is 325 g/mol. The molecule has 1 aromatic heterocycles. The van der Waals surface area contributed by atoms with Crippen LogP contribution < -0.4 is 4.74 Å². The van der Waals surface area contributed by atoms with Gasteiger partial charge in [0, 0.05) is 23.9 Å². The maximum Gasteiger partial charge on any atom is 0.127 e. The Morgan fingerprint density at radius 1 is 1.21 bits per heavy atom. The molecule has 1 aliphatic heterocycles. The van der Waals surface area contributed by atoms with Gasteiger partial charge >= 0.3 is 0 Å². The van der Waals surface area contributed by atoms with Crippen LogP contribution in [0.15, 0.2) is 36.7 Å². The van der Waals surface area contributed by atoms with E-state index in [1.54, 1.807) is 0 Å². The molecule has 0 aliphatic carbocycles. The minimum atomic E-state index is -0.255. The number of phenolic OH excluding ortho intramolecular Hbond substituents is 1. The van der Waals surface area contributed by atoms with E-state index < -0.39 is 0 Å². The molecule has 2 heterocycles. The highest BCUT2D eigenvalue weighted by Crippen LogP contribution is 2.48. The first kappa shape index (κ1) is 16.8. The van der Waals surface area contributed by atoms with Gasteiger partial charge in [0.1, 0.15) is 17.1 Å². The van der Waals surface area contributed by atoms with Crippen molar-refractivity contribution in [2.24, 2.45) is 0 Å². The highest BCUT2D eigenvalue weighted by atomic mass is 16.5. The molecule has 0 bridgehead atoms. The Labute approximate surface area is 144 Å². The third kappa shape index (κ3) is 3.55. The SMILES string of the molecule is CCCCCc1cc(O)c2c(c1)OC(C)(C)CC2c1ccncc1. The minimum absolute atomic E-state index is 0.136. The van der Waals surface area contributed by atoms with Gasteiger partial charge in [0.2, 0.25) is 0 Å². The van der Waals surface area contributed by atoms with Gasteiger partial charge in [-0.1, -0.05) is 19.8 Å². The van der Waals surface area contributed by atoms with E-state index in [1.807, 2.05) is 30.6 Å². The number of aryl methyl sites for hydroxylation is 1. The maximum absolute atomic E-state index is 10.7. The normalized spacial score (nSPS) is 18.7. The van der Waals surface area contributed by atoms with E-state index in [4.69, 9.17) is 4.74 Å². The summed E-state index contributed by atoms with van der Waals surface area (Å²) in [4.78, 5) is 4.12. The number of hydrogen-bond acceptors (Lipinski definition) is 3. The summed E-state index contributed by atoms with van der Waals surface area (Å²) in [5.74, 6) is 1.33. The lowest BCUT2D eigenvalue weighted by Gasteiger charge is -2.38. The van der Waals surface area contributed by atoms with Crippen LogP contribution in [0.3, 0.4) is 0 Å². The van der Waals surface area contributed by atoms with Crippen molar-refractivity contribution in [1.29, 1.82) is 0 Å². The molecule has 128 valence electrons. The average molecular weight is 325 g/mol. The number of ether oxygens (including phenoxy) is 1. The van der Waals surface area contributed by atoms with E-state index in [9.17, 15) is 5.11 Å². The zero-order valence-electron chi connectivity index (χ0n) is 14.9. The first-order valence-electron chi connectivity index (χ1n) is 8.95. The summed E-state index contributed by atoms with van der Waals surface area (Å²) in [7, 11) is 0. The number of unbranched alkanes of at least 4 members (excludes halogenated alkanes) is 2. The smallest absolute Gasteiger partial charge is 0.127 e. The lowest BCUT2D eigenvalue weighted by molar-refractivity contribution is 0.0762. The summed E-state index contributed by atoms with van der Waals surface area (Å²) in [5.41, 5.74) is 3.00. The standard InChI is InChI=1S/C21H27NO2/c1-4-5-6-7-15-12-18(23)20-17(16-8-10-22-11-9-16)14-21(2,3)24-19(20)13-15/h8-13,17,23H,4-7,14H2,1-3H3. The fraction of sp³-hybridized carbons (Fsp3) is 0.476. The van der Waals surface area contributed by atoms with Gasteiger partial charge < -0.3 is 9.84 Å². The minimum Gasteiger partial charge on any atom is -0.507 e. The van der Waals surface area contributed by atoms with Gasteiger partial charge in [-0.3, -0.25) is 4.98 Å². The first-order valence-corrected chi connectivity index (χ1v) is 8.95. The summed E-state index contributed by atoms with van der Waals surface area (Å²) in [6, 6.07) is 8.11. The first-order chi connectivity index (χ1) is 11.5. The Morgan fingerprint density at radius 3 is 2.67 bits per heavy atom. The molecule has 1 unspecified atom stereocenters. The van der Waals surface area contributed by atoms with Crippen LogP contribution in [-0.4, -0.2) is 15.7 Å². The van der Waals surface area contributed by atoms with Crippen LogP contribution >= 0.6 is 0 Å². The molecular weight excluding hydrogens is 298 g/mol. The summed E-state index contributed by atoms with van der Waals surface area (Å²) < 4.78 is 6.22. The molecule has 0 saturated heterocycles. The molecule has 1 atom stereocenters. The molecule has 1 N–H and O–H groups in total. The van der Waals surface area contributed by atoms with Crippen LogP contribution in [-0.2, 0) is 6.42 Å². The van der Waals surface area contributed by atoms with Gasteiger partial charge in [-0.25, -0.2) is 0 Å². The molecule has 24 heavy (non-hydrogen) atoms. The lowest BCUT2D eigenvalue weighted by Crippen LogP contribution is -2.35. The molecule has 0 fully saturated rings. The molecule has 3 rings (SSSR count). The molecule has 0 amide bonds. The van der Waals surface area contributed by atoms with Crippen molar-refractivity contribution in [2.75, 3.05) is 0 Å². The molecule has 0 spiro atoms. The van der Waals surface area contributed by atoms with Gasteiger partial charge in [-0.05, 0) is 68.5 Å². The second-order valence-corrected chi connectivity index (χ2v) is 7.38. The van der Waals surface area contributed by atoms with E-state index in [0.717, 1.165) is 36.1 Å². The van der Waals surface area contributed by atoms with Crippen LogP contribution in [0.5, 0.6) is 11.5 Å². The Hall–Kier alpha value is -2.03. The number of pyridine rings is 1. The Kier molecular flexibility index (Phi) is 4.79. The Morgan fingerprint density at radius 2 is 1.96 bits per heavy atom. The molecular formula is C21H27NO2. The van der Waals surface area contributed by atoms with Crippen molar-refractivity contribution in [3.8, 4) is 11.5 Å². The van der Waals surface area contributed by atoms with Gasteiger partial charge in [-0.2, -0.15) is 0 Å². The van der Waals surface area contributed by atoms with Crippen LogP contribution in [0, 0.1) is 0 Å². The van der Waals surface area contributed by atoms with Crippen molar-refractivity contribution in [2.45, 2.75) is 64.4 Å². The van der Waals surface area contributed by atoms with Crippen LogP contribution in [0.25, 0.3) is 0 Å². The maximum atomic E-state index is 10.7. The largest absolute Gasteiger partial charge is 0.507 e. The number of phenols is 1. The highest BCUT2D eigenvalue weighted by Gasteiger charge is 2.36. The average Bonchev–Trinajstić information content (AvgIpc) is 2.54. The van der Waals surface area contributed by atoms with Crippen molar-refractivity contribution in [3.63, 3.8) is 0 Å². The van der Waals surface area contributed by atoms with Crippen molar-refractivity contribution in [3.05, 3.63) is 53.3 Å². The lowest BCUT2D eigenvalue weighted by atomic mass is 9.79. The van der Waals surface area contributed by atoms with E-state index in [-0.39, 0.29) is 11.5 Å². The van der Waals surface area contributed by atoms with Crippen LogP contribution in [0.1, 0.15) is 69.1 Å². The van der Waals surface area contributed by atoms with Crippen molar-refractivity contribution >= 4 is 0 Å². The van der Waals surface area contributed by atoms with Gasteiger partial charge in [0.15, 0.2) is 0 Å². The zero-order chi connectivity index (χ0) is 17.2. The quantitative estimate of drug-likeness (QED) is 0.767. The Balaban J connectivity index is 1.99. The van der Waals surface area contributed by atoms with Gasteiger partial charge in [-0.15, -0.1) is 0 Å². The summed E-state index contributed by atoms with van der Waals surface area (Å²) >= 11 is 0. The second kappa shape index (κ2) is 6.84. The van der Waals surface area contributed by atoms with Crippen LogP contribution in [0.2, 0.25) is 0 Å². The summed E-state index contributed by atoms with van der Waals surface area (Å²) in [6.45, 7) is 6.44. The predicted molar refractivity (Wildman–Crippen MR) is 96.7 cm³/mol. The summed E-state index contributed by atoms with van der Waals surface area (Å²) in [6.07, 6.45) is 9.01. The number of rotatable bonds is 5. The third-order valence-electron chi connectivity index (χ3n) is 4.79. The molecule has 0 saturated carbocycles. The number of hydrogen-bond donors (Lipinski definition) is 1. The number of aromatic nitrogens is 1. The number of benzene rings is 1. The van der Waals surface area contributed by atoms with E-state index in [2.05, 4.69) is 31.8 Å². The third-order valence-corrected chi connectivity index (χ3v) is 4.79. The van der Waals surface area contributed by atoms with Crippen LogP contribution in [0.4, 0.5) is 0 Å². The molecule has 2 aromatic rings. The van der Waals surface area contributed by atoms with E-state index in [0.29, 0.717) is 5.75 Å². The molecule has 0 radical (unpaired) electrons. The zero-order valence-corrected chi connectivity index (χ0v) is 14.9. The topological polar surface area (TPSA) is 42.4 Å². The molecule has 1 aliphatic rings. The fourth-order valence-corrected chi connectivity index (χ4v) is 3.64. The predicted octanol–water partition coefficient (Wildman–Crippen LogP) is 5.21. The summed E-state index contributed by atoms with van der Waals surface area (Å²) in [5, 5.41) is 10.7. The fourth-order valence-electron chi connectivity index (χ4n) is 3.64. The Bertz CT molecular complexity index is 694. The second-order valence-electron chi connectivity index (χ2n) is 7.38. The molecule has 3 nitrogen and oxygen atoms in total. The van der Waals surface area contributed by atoms with Crippen molar-refractivity contribution < 1.29 is 9.84 Å². The van der Waals surface area contributed by atoms with Crippen molar-refractivity contribution in [1.82, 2.24) is 4.98 Å². The number of fused-ring (bicyclic) bond motifs is 1. The molecule has 3 heteroatoms. The van der Waals surface area contributed by atoms with Gasteiger partial charge in [0.05, 0.1) is 0 Å². The highest BCUT2D eigenvalue weighted by molar-refractivity contribution is 5.54. The van der Waals surface area contributed by atoms with Gasteiger partial charge in [0.25, 0.3) is 0 Å². The van der Waals surface area contributed by atoms with E-state index >= 15 is 0 Å². The number of aromatic hydroxyl groups is 1. The number of nitrogens with zero attached hydrogens (tertiary/aromatic N) is 1.